The first-order valence-electron chi connectivity index (χ1n) is 7.59. The summed E-state index contributed by atoms with van der Waals surface area (Å²) in [5, 5.41) is 8.39. The Morgan fingerprint density at radius 1 is 1.38 bits per heavy atom. The number of nitrogens with one attached hydrogen (secondary N) is 1. The third-order valence-electron chi connectivity index (χ3n) is 3.39. The van der Waals surface area contributed by atoms with E-state index in [-0.39, 0.29) is 11.9 Å². The van der Waals surface area contributed by atoms with Crippen LogP contribution in [-0.2, 0) is 6.54 Å². The fourth-order valence-electron chi connectivity index (χ4n) is 2.46. The lowest BCUT2D eigenvalue weighted by atomic mass is 10.1. The maximum absolute atomic E-state index is 12.4. The third kappa shape index (κ3) is 3.23. The van der Waals surface area contributed by atoms with Gasteiger partial charge < -0.3 is 5.32 Å². The number of rotatable bonds is 5. The SMILES string of the molecule is CCCCn1nc(C)c2c(C(=O)NC(C)C)cc(C)nc21. The maximum Gasteiger partial charge on any atom is 0.252 e. The quantitative estimate of drug-likeness (QED) is 0.920. The van der Waals surface area contributed by atoms with Gasteiger partial charge in [0.15, 0.2) is 5.65 Å². The Labute approximate surface area is 125 Å². The lowest BCUT2D eigenvalue weighted by Gasteiger charge is -2.10. The summed E-state index contributed by atoms with van der Waals surface area (Å²) >= 11 is 0. The van der Waals surface area contributed by atoms with Crippen molar-refractivity contribution in [3.05, 3.63) is 23.0 Å². The van der Waals surface area contributed by atoms with Gasteiger partial charge >= 0.3 is 0 Å². The summed E-state index contributed by atoms with van der Waals surface area (Å²) in [6.45, 7) is 10.8. The highest BCUT2D eigenvalue weighted by Crippen LogP contribution is 2.22. The number of pyridine rings is 1. The average Bonchev–Trinajstić information content (AvgIpc) is 2.71. The van der Waals surface area contributed by atoms with Crippen LogP contribution in [0.5, 0.6) is 0 Å². The summed E-state index contributed by atoms with van der Waals surface area (Å²) in [5.41, 5.74) is 3.19. The van der Waals surface area contributed by atoms with E-state index in [1.165, 1.54) is 0 Å². The molecule has 0 aliphatic carbocycles. The number of carbonyl (C=O) groups excluding carboxylic acids is 1. The van der Waals surface area contributed by atoms with Crippen molar-refractivity contribution in [2.45, 2.75) is 60.0 Å². The van der Waals surface area contributed by atoms with Crippen molar-refractivity contribution < 1.29 is 4.79 Å². The molecule has 0 radical (unpaired) electrons. The van der Waals surface area contributed by atoms with Crippen LogP contribution in [0, 0.1) is 13.8 Å². The van der Waals surface area contributed by atoms with Crippen LogP contribution >= 0.6 is 0 Å². The van der Waals surface area contributed by atoms with Crippen LogP contribution in [0.3, 0.4) is 0 Å². The minimum atomic E-state index is -0.0568. The van der Waals surface area contributed by atoms with E-state index in [4.69, 9.17) is 0 Å². The summed E-state index contributed by atoms with van der Waals surface area (Å²) < 4.78 is 1.92. The summed E-state index contributed by atoms with van der Waals surface area (Å²) in [4.78, 5) is 17.0. The number of amides is 1. The molecule has 5 heteroatoms. The molecule has 0 saturated carbocycles. The van der Waals surface area contributed by atoms with E-state index in [1.54, 1.807) is 0 Å². The van der Waals surface area contributed by atoms with Crippen LogP contribution in [0.15, 0.2) is 6.07 Å². The molecule has 0 bridgehead atoms. The van der Waals surface area contributed by atoms with Gasteiger partial charge in [0.05, 0.1) is 16.6 Å². The molecule has 0 spiro atoms. The van der Waals surface area contributed by atoms with Crippen molar-refractivity contribution in [3.8, 4) is 0 Å². The van der Waals surface area contributed by atoms with Gasteiger partial charge in [0.1, 0.15) is 0 Å². The molecule has 2 heterocycles. The lowest BCUT2D eigenvalue weighted by Crippen LogP contribution is -2.30. The number of carbonyl (C=O) groups is 1. The number of hydrogen-bond acceptors (Lipinski definition) is 3. The van der Waals surface area contributed by atoms with Crippen molar-refractivity contribution in [1.82, 2.24) is 20.1 Å². The van der Waals surface area contributed by atoms with E-state index < -0.39 is 0 Å². The van der Waals surface area contributed by atoms with E-state index in [1.807, 2.05) is 38.4 Å². The smallest absolute Gasteiger partial charge is 0.252 e. The maximum atomic E-state index is 12.4. The monoisotopic (exact) mass is 288 g/mol. The zero-order chi connectivity index (χ0) is 15.6. The molecule has 5 nitrogen and oxygen atoms in total. The van der Waals surface area contributed by atoms with Gasteiger partial charge in [0, 0.05) is 18.3 Å². The highest BCUT2D eigenvalue weighted by molar-refractivity contribution is 6.06. The largest absolute Gasteiger partial charge is 0.350 e. The zero-order valence-corrected chi connectivity index (χ0v) is 13.5. The Hall–Kier alpha value is -1.91. The molecule has 0 aromatic carbocycles. The Morgan fingerprint density at radius 2 is 2.10 bits per heavy atom. The van der Waals surface area contributed by atoms with Gasteiger partial charge in [-0.05, 0) is 40.2 Å². The standard InChI is InChI=1S/C16H24N4O/c1-6-7-8-20-15-14(12(5)19-20)13(9-11(4)18-15)16(21)17-10(2)3/h9-10H,6-8H2,1-5H3,(H,17,21). The average molecular weight is 288 g/mol. The number of aryl methyl sites for hydroxylation is 3. The molecule has 114 valence electrons. The number of aromatic nitrogens is 3. The highest BCUT2D eigenvalue weighted by Gasteiger charge is 2.18. The Bertz CT molecular complexity index is 658. The molecule has 2 aromatic rings. The van der Waals surface area contributed by atoms with Gasteiger partial charge in [-0.3, -0.25) is 4.79 Å². The first kappa shape index (κ1) is 15.5. The van der Waals surface area contributed by atoms with Crippen LogP contribution in [-0.4, -0.2) is 26.7 Å². The molecule has 0 aliphatic heterocycles. The van der Waals surface area contributed by atoms with Crippen molar-refractivity contribution in [2.24, 2.45) is 0 Å². The van der Waals surface area contributed by atoms with Crippen LogP contribution in [0.2, 0.25) is 0 Å². The number of unbranched alkanes of at least 4 members (excludes halogenated alkanes) is 1. The minimum absolute atomic E-state index is 0.0568. The van der Waals surface area contributed by atoms with Gasteiger partial charge in [0.2, 0.25) is 0 Å². The fourth-order valence-corrected chi connectivity index (χ4v) is 2.46. The summed E-state index contributed by atoms with van der Waals surface area (Å²) in [6, 6.07) is 1.95. The molecular formula is C16H24N4O. The van der Waals surface area contributed by atoms with Gasteiger partial charge in [-0.2, -0.15) is 5.10 Å². The van der Waals surface area contributed by atoms with E-state index in [0.29, 0.717) is 5.56 Å². The predicted molar refractivity (Wildman–Crippen MR) is 84.5 cm³/mol. The molecule has 0 atom stereocenters. The van der Waals surface area contributed by atoms with Crippen molar-refractivity contribution in [2.75, 3.05) is 0 Å². The van der Waals surface area contributed by atoms with Crippen molar-refractivity contribution >= 4 is 16.9 Å². The normalized spacial score (nSPS) is 11.3. The Morgan fingerprint density at radius 3 is 2.71 bits per heavy atom. The van der Waals surface area contributed by atoms with Crippen LogP contribution < -0.4 is 5.32 Å². The van der Waals surface area contributed by atoms with Gasteiger partial charge in [-0.1, -0.05) is 13.3 Å². The first-order valence-corrected chi connectivity index (χ1v) is 7.59. The second-order valence-electron chi connectivity index (χ2n) is 5.80. The van der Waals surface area contributed by atoms with E-state index in [2.05, 4.69) is 22.3 Å². The van der Waals surface area contributed by atoms with Gasteiger partial charge in [0.25, 0.3) is 5.91 Å². The first-order chi connectivity index (χ1) is 9.93. The van der Waals surface area contributed by atoms with Crippen LogP contribution in [0.1, 0.15) is 55.4 Å². The topological polar surface area (TPSA) is 59.8 Å². The second kappa shape index (κ2) is 6.24. The van der Waals surface area contributed by atoms with Crippen molar-refractivity contribution in [3.63, 3.8) is 0 Å². The molecule has 2 rings (SSSR count). The molecule has 1 N–H and O–H groups in total. The summed E-state index contributed by atoms with van der Waals surface area (Å²) in [5.74, 6) is -0.0568. The van der Waals surface area contributed by atoms with E-state index in [0.717, 1.165) is 41.8 Å². The fraction of sp³-hybridized carbons (Fsp3) is 0.562. The van der Waals surface area contributed by atoms with Crippen molar-refractivity contribution in [1.29, 1.82) is 0 Å². The summed E-state index contributed by atoms with van der Waals surface area (Å²) in [7, 11) is 0. The lowest BCUT2D eigenvalue weighted by molar-refractivity contribution is 0.0944. The number of fused-ring (bicyclic) bond motifs is 1. The summed E-state index contributed by atoms with van der Waals surface area (Å²) in [6.07, 6.45) is 2.16. The molecule has 0 aliphatic rings. The van der Waals surface area contributed by atoms with Gasteiger partial charge in [-0.15, -0.1) is 0 Å². The van der Waals surface area contributed by atoms with Crippen LogP contribution in [0.25, 0.3) is 11.0 Å². The Kier molecular flexibility index (Phi) is 4.60. The molecule has 21 heavy (non-hydrogen) atoms. The number of nitrogens with zero attached hydrogens (tertiary/aromatic N) is 3. The van der Waals surface area contributed by atoms with Crippen LogP contribution in [0.4, 0.5) is 0 Å². The molecule has 1 amide bonds. The molecule has 0 unspecified atom stereocenters. The molecular weight excluding hydrogens is 264 g/mol. The third-order valence-corrected chi connectivity index (χ3v) is 3.39. The molecule has 0 fully saturated rings. The zero-order valence-electron chi connectivity index (χ0n) is 13.5. The second-order valence-corrected chi connectivity index (χ2v) is 5.80. The van der Waals surface area contributed by atoms with E-state index in [9.17, 15) is 4.79 Å². The molecule has 2 aromatic heterocycles. The minimum Gasteiger partial charge on any atom is -0.350 e. The van der Waals surface area contributed by atoms with Gasteiger partial charge in [-0.25, -0.2) is 9.67 Å². The number of hydrogen-bond donors (Lipinski definition) is 1. The highest BCUT2D eigenvalue weighted by atomic mass is 16.1. The predicted octanol–water partition coefficient (Wildman–Crippen LogP) is 2.99. The van der Waals surface area contributed by atoms with E-state index >= 15 is 0 Å². The molecule has 0 saturated heterocycles. The Balaban J connectivity index is 2.56.